The zero-order valence-electron chi connectivity index (χ0n) is 17.1. The second kappa shape index (κ2) is 10.2. The molecule has 0 aromatic carbocycles. The van der Waals surface area contributed by atoms with Crippen molar-refractivity contribution in [2.75, 3.05) is 11.9 Å². The van der Waals surface area contributed by atoms with Gasteiger partial charge in [0.25, 0.3) is 5.91 Å². The van der Waals surface area contributed by atoms with Gasteiger partial charge in [0, 0.05) is 18.0 Å². The number of unbranched alkanes of at least 4 members (excludes halogenated alkanes) is 1. The van der Waals surface area contributed by atoms with E-state index in [1.165, 1.54) is 0 Å². The fourth-order valence-corrected chi connectivity index (χ4v) is 3.38. The summed E-state index contributed by atoms with van der Waals surface area (Å²) in [5.74, 6) is -0.990. The van der Waals surface area contributed by atoms with Crippen molar-refractivity contribution in [1.29, 1.82) is 0 Å². The van der Waals surface area contributed by atoms with Gasteiger partial charge in [-0.3, -0.25) is 9.59 Å². The van der Waals surface area contributed by atoms with Crippen LogP contribution in [0, 0.1) is 5.41 Å². The van der Waals surface area contributed by atoms with Gasteiger partial charge in [0.15, 0.2) is 0 Å². The molecule has 1 fully saturated rings. The highest BCUT2D eigenvalue weighted by Gasteiger charge is 2.37. The predicted molar refractivity (Wildman–Crippen MR) is 106 cm³/mol. The number of carbonyl (C=O) groups excluding carboxylic acids is 3. The number of aromatic nitrogens is 2. The van der Waals surface area contributed by atoms with Gasteiger partial charge in [-0.25, -0.2) is 9.48 Å². The van der Waals surface area contributed by atoms with E-state index >= 15 is 0 Å². The smallest absolute Gasteiger partial charge is 0.407 e. The third kappa shape index (κ3) is 5.56. The van der Waals surface area contributed by atoms with E-state index in [0.717, 1.165) is 38.5 Å². The number of Topliss-reactive ketones (excluding diaryl/α,β-unsaturated/α-hetero) is 1. The van der Waals surface area contributed by atoms with Gasteiger partial charge in [0.2, 0.25) is 5.78 Å². The highest BCUT2D eigenvalue weighted by atomic mass is 16.5. The fourth-order valence-electron chi connectivity index (χ4n) is 3.38. The first kappa shape index (κ1) is 21.9. The summed E-state index contributed by atoms with van der Waals surface area (Å²) in [5, 5.41) is 9.23. The molecule has 1 saturated carbocycles. The van der Waals surface area contributed by atoms with Crippen LogP contribution in [0.2, 0.25) is 0 Å². The van der Waals surface area contributed by atoms with Crippen molar-refractivity contribution in [3.63, 3.8) is 0 Å². The molecule has 1 heterocycles. The summed E-state index contributed by atoms with van der Waals surface area (Å²) in [6.45, 7) is 6.89. The van der Waals surface area contributed by atoms with Crippen LogP contribution in [0.15, 0.2) is 12.3 Å². The monoisotopic (exact) mass is 392 g/mol. The Balaban J connectivity index is 1.93. The fraction of sp³-hybridized carbons (Fsp3) is 0.700. The molecule has 8 nitrogen and oxygen atoms in total. The molecule has 0 radical (unpaired) electrons. The van der Waals surface area contributed by atoms with Crippen molar-refractivity contribution >= 4 is 23.6 Å². The molecule has 8 heteroatoms. The van der Waals surface area contributed by atoms with E-state index in [9.17, 15) is 14.4 Å². The van der Waals surface area contributed by atoms with Crippen molar-refractivity contribution in [3.05, 3.63) is 12.3 Å². The third-order valence-electron chi connectivity index (χ3n) is 5.61. The Morgan fingerprint density at radius 3 is 2.61 bits per heavy atom. The number of carbonyl (C=O) groups is 3. The van der Waals surface area contributed by atoms with Crippen LogP contribution in [-0.4, -0.2) is 40.2 Å². The summed E-state index contributed by atoms with van der Waals surface area (Å²) >= 11 is 0. The lowest BCUT2D eigenvalue weighted by Gasteiger charge is -2.40. The van der Waals surface area contributed by atoms with Gasteiger partial charge < -0.3 is 15.4 Å². The topological polar surface area (TPSA) is 102 Å². The van der Waals surface area contributed by atoms with Gasteiger partial charge in [0.1, 0.15) is 11.9 Å². The summed E-state index contributed by atoms with van der Waals surface area (Å²) in [6, 6.07) is 0.727. The molecule has 2 amide bonds. The van der Waals surface area contributed by atoms with Crippen LogP contribution in [0.5, 0.6) is 0 Å². The van der Waals surface area contributed by atoms with Crippen LogP contribution >= 0.6 is 0 Å². The molecule has 0 aliphatic heterocycles. The van der Waals surface area contributed by atoms with Crippen molar-refractivity contribution in [2.24, 2.45) is 5.41 Å². The van der Waals surface area contributed by atoms with Crippen molar-refractivity contribution in [1.82, 2.24) is 15.1 Å². The first-order chi connectivity index (χ1) is 13.4. The summed E-state index contributed by atoms with van der Waals surface area (Å²) in [6.07, 6.45) is 7.11. The second-order valence-corrected chi connectivity index (χ2v) is 7.47. The molecule has 1 aliphatic carbocycles. The van der Waals surface area contributed by atoms with Crippen LogP contribution in [0.3, 0.4) is 0 Å². The number of alkyl carbamates (subject to hydrolysis) is 1. The minimum atomic E-state index is -0.899. The van der Waals surface area contributed by atoms with E-state index in [1.807, 2.05) is 13.8 Å². The zero-order chi connectivity index (χ0) is 20.6. The van der Waals surface area contributed by atoms with Crippen molar-refractivity contribution in [2.45, 2.75) is 78.3 Å². The normalized spacial score (nSPS) is 16.0. The largest absolute Gasteiger partial charge is 0.449 e. The van der Waals surface area contributed by atoms with E-state index in [2.05, 4.69) is 22.7 Å². The van der Waals surface area contributed by atoms with E-state index in [1.54, 1.807) is 16.9 Å². The Labute approximate surface area is 166 Å². The molecular weight excluding hydrogens is 360 g/mol. The Morgan fingerprint density at radius 1 is 1.29 bits per heavy atom. The summed E-state index contributed by atoms with van der Waals surface area (Å²) < 4.78 is 6.95. The molecule has 0 spiro atoms. The van der Waals surface area contributed by atoms with E-state index in [-0.39, 0.29) is 5.41 Å². The van der Waals surface area contributed by atoms with Gasteiger partial charge in [-0.05, 0) is 32.6 Å². The number of rotatable bonds is 11. The summed E-state index contributed by atoms with van der Waals surface area (Å²) in [7, 11) is 0. The third-order valence-corrected chi connectivity index (χ3v) is 5.61. The van der Waals surface area contributed by atoms with Crippen LogP contribution in [0.1, 0.15) is 65.7 Å². The molecule has 2 rings (SSSR count). The highest BCUT2D eigenvalue weighted by Crippen LogP contribution is 2.43. The van der Waals surface area contributed by atoms with Crippen LogP contribution in [-0.2, 0) is 20.9 Å². The minimum Gasteiger partial charge on any atom is -0.449 e. The number of aryl methyl sites for hydroxylation is 1. The summed E-state index contributed by atoms with van der Waals surface area (Å²) in [4.78, 5) is 37.2. The molecule has 1 aliphatic rings. The number of hydrogen-bond acceptors (Lipinski definition) is 5. The average Bonchev–Trinajstić information content (AvgIpc) is 3.11. The highest BCUT2D eigenvalue weighted by molar-refractivity contribution is 6.42. The SMILES string of the molecule is CCCC[C@H](NC(=O)OCC1(CC)CCC1)C(=O)C(=O)Nc1ccnn1CC. The molecule has 2 N–H and O–H groups in total. The van der Waals surface area contributed by atoms with Gasteiger partial charge in [-0.1, -0.05) is 33.1 Å². The lowest BCUT2D eigenvalue weighted by Crippen LogP contribution is -2.47. The van der Waals surface area contributed by atoms with Crippen molar-refractivity contribution in [3.8, 4) is 0 Å². The van der Waals surface area contributed by atoms with Crippen molar-refractivity contribution < 1.29 is 19.1 Å². The van der Waals surface area contributed by atoms with Crippen LogP contribution in [0.4, 0.5) is 10.6 Å². The molecular formula is C20H32N4O4. The van der Waals surface area contributed by atoms with Crippen LogP contribution < -0.4 is 10.6 Å². The number of hydrogen-bond donors (Lipinski definition) is 2. The van der Waals surface area contributed by atoms with Gasteiger partial charge in [0.05, 0.1) is 12.8 Å². The maximum Gasteiger partial charge on any atom is 0.407 e. The number of nitrogens with zero attached hydrogens (tertiary/aromatic N) is 2. The quantitative estimate of drug-likeness (QED) is 0.563. The van der Waals surface area contributed by atoms with Gasteiger partial charge in [-0.15, -0.1) is 0 Å². The van der Waals surface area contributed by atoms with E-state index in [4.69, 9.17) is 4.74 Å². The number of amides is 2. The molecule has 0 bridgehead atoms. The number of nitrogens with one attached hydrogen (secondary N) is 2. The Hall–Kier alpha value is -2.38. The Morgan fingerprint density at radius 2 is 2.04 bits per heavy atom. The van der Waals surface area contributed by atoms with E-state index < -0.39 is 23.8 Å². The molecule has 28 heavy (non-hydrogen) atoms. The lowest BCUT2D eigenvalue weighted by atomic mass is 9.68. The second-order valence-electron chi connectivity index (χ2n) is 7.47. The number of ether oxygens (including phenoxy) is 1. The first-order valence-corrected chi connectivity index (χ1v) is 10.2. The molecule has 1 atom stereocenters. The Kier molecular flexibility index (Phi) is 8.02. The molecule has 1 aromatic rings. The molecule has 156 valence electrons. The predicted octanol–water partition coefficient (Wildman–Crippen LogP) is 3.28. The van der Waals surface area contributed by atoms with Crippen LogP contribution in [0.25, 0.3) is 0 Å². The van der Waals surface area contributed by atoms with E-state index in [0.29, 0.717) is 25.4 Å². The number of anilines is 1. The van der Waals surface area contributed by atoms with Gasteiger partial charge in [-0.2, -0.15) is 5.10 Å². The zero-order valence-corrected chi connectivity index (χ0v) is 17.1. The molecule has 0 saturated heterocycles. The maximum atomic E-state index is 12.6. The molecule has 0 unspecified atom stereocenters. The summed E-state index contributed by atoms with van der Waals surface area (Å²) in [5.41, 5.74) is 0.0796. The average molecular weight is 393 g/mol. The maximum absolute atomic E-state index is 12.6. The number of ketones is 1. The van der Waals surface area contributed by atoms with Gasteiger partial charge >= 0.3 is 6.09 Å². The Bertz CT molecular complexity index is 676. The molecule has 1 aromatic heterocycles. The minimum absolute atomic E-state index is 0.0796. The first-order valence-electron chi connectivity index (χ1n) is 10.2. The lowest BCUT2D eigenvalue weighted by molar-refractivity contribution is -0.136. The standard InChI is InChI=1S/C20H32N4O4/c1-4-7-9-15(22-19(27)28-14-20(5-2)11-8-12-20)17(25)18(26)23-16-10-13-21-24(16)6-3/h10,13,15H,4-9,11-12,14H2,1-3H3,(H,22,27)(H,23,26)/t15-/m0/s1.